The first kappa shape index (κ1) is 18.5. The van der Waals surface area contributed by atoms with Crippen molar-refractivity contribution in [2.24, 2.45) is 0 Å². The quantitative estimate of drug-likeness (QED) is 0.741. The Hall–Kier alpha value is -2.89. The molecule has 1 aromatic carbocycles. The van der Waals surface area contributed by atoms with E-state index in [2.05, 4.69) is 50.6 Å². The Morgan fingerprint density at radius 2 is 1.75 bits per heavy atom. The van der Waals surface area contributed by atoms with E-state index in [-0.39, 0.29) is 5.91 Å². The van der Waals surface area contributed by atoms with Gasteiger partial charge in [0.15, 0.2) is 0 Å². The van der Waals surface area contributed by atoms with Crippen LogP contribution in [0.3, 0.4) is 0 Å². The van der Waals surface area contributed by atoms with Crippen molar-refractivity contribution in [1.29, 1.82) is 0 Å². The van der Waals surface area contributed by atoms with Crippen molar-refractivity contribution in [3.05, 3.63) is 65.0 Å². The Morgan fingerprint density at radius 3 is 2.50 bits per heavy atom. The minimum Gasteiger partial charge on any atom is -0.352 e. The second-order valence-corrected chi connectivity index (χ2v) is 7.50. The molecule has 0 saturated carbocycles. The van der Waals surface area contributed by atoms with Gasteiger partial charge in [-0.25, -0.2) is 0 Å². The van der Waals surface area contributed by atoms with Crippen LogP contribution in [0, 0.1) is 13.8 Å². The third kappa shape index (κ3) is 3.72. The molecule has 0 fully saturated rings. The molecule has 0 spiro atoms. The molecule has 0 bridgehead atoms. The summed E-state index contributed by atoms with van der Waals surface area (Å²) in [6.45, 7) is 5.72. The molecule has 0 radical (unpaired) electrons. The fraction of sp³-hybridized carbons (Fsp3) is 0.409. The summed E-state index contributed by atoms with van der Waals surface area (Å²) in [6.07, 6.45) is 5.33. The minimum atomic E-state index is -0.0527. The van der Waals surface area contributed by atoms with Crippen LogP contribution in [0.2, 0.25) is 0 Å². The Labute approximate surface area is 165 Å². The van der Waals surface area contributed by atoms with Gasteiger partial charge in [0.05, 0.1) is 0 Å². The number of carbonyl (C=O) groups excluding carboxylic acids is 1. The molecule has 1 N–H and O–H groups in total. The van der Waals surface area contributed by atoms with Crippen LogP contribution < -0.4 is 5.32 Å². The van der Waals surface area contributed by atoms with Crippen LogP contribution in [0.1, 0.15) is 52.7 Å². The van der Waals surface area contributed by atoms with Crippen LogP contribution in [-0.4, -0.2) is 31.8 Å². The Balaban J connectivity index is 1.36. The molecule has 2 aromatic heterocycles. The lowest BCUT2D eigenvalue weighted by Gasteiger charge is -2.11. The molecule has 0 atom stereocenters. The van der Waals surface area contributed by atoms with Gasteiger partial charge in [0.25, 0.3) is 5.91 Å². The topological polar surface area (TPSA) is 64.7 Å². The van der Waals surface area contributed by atoms with Crippen LogP contribution in [0.5, 0.6) is 0 Å². The van der Waals surface area contributed by atoms with Gasteiger partial charge in [-0.3, -0.25) is 4.79 Å². The fourth-order valence-electron chi connectivity index (χ4n) is 3.96. The number of nitrogens with one attached hydrogen (secondary N) is 1. The van der Waals surface area contributed by atoms with Crippen molar-refractivity contribution >= 4 is 5.91 Å². The first-order valence-electron chi connectivity index (χ1n) is 10.1. The molecule has 0 saturated heterocycles. The maximum absolute atomic E-state index is 12.5. The van der Waals surface area contributed by atoms with Crippen LogP contribution in [0.25, 0.3) is 5.69 Å². The molecule has 1 aliphatic rings. The van der Waals surface area contributed by atoms with E-state index in [0.717, 1.165) is 30.3 Å². The molecule has 3 heterocycles. The number of carbonyl (C=O) groups is 1. The first-order valence-corrected chi connectivity index (χ1v) is 10.1. The molecule has 4 rings (SSSR count). The predicted octanol–water partition coefficient (Wildman–Crippen LogP) is 3.38. The molecule has 0 unspecified atom stereocenters. The Kier molecular flexibility index (Phi) is 5.28. The molecule has 1 amide bonds. The summed E-state index contributed by atoms with van der Waals surface area (Å²) in [5, 5.41) is 11.7. The maximum Gasteiger partial charge on any atom is 0.251 e. The van der Waals surface area contributed by atoms with Crippen molar-refractivity contribution in [3.8, 4) is 5.69 Å². The average Bonchev–Trinajstić information content (AvgIpc) is 3.14. The zero-order valence-corrected chi connectivity index (χ0v) is 16.6. The van der Waals surface area contributed by atoms with Crippen molar-refractivity contribution in [3.63, 3.8) is 0 Å². The predicted molar refractivity (Wildman–Crippen MR) is 109 cm³/mol. The monoisotopic (exact) mass is 377 g/mol. The number of aromatic nitrogens is 4. The number of benzene rings is 1. The molecule has 146 valence electrons. The van der Waals surface area contributed by atoms with Crippen LogP contribution >= 0.6 is 0 Å². The number of aryl methyl sites for hydroxylation is 3. The largest absolute Gasteiger partial charge is 0.352 e. The molecule has 3 aromatic rings. The van der Waals surface area contributed by atoms with Gasteiger partial charge in [0, 0.05) is 48.6 Å². The SMILES string of the molecule is Cc1ccc(C)n1-c1ccc(C(=O)NCCc2nnc3n2CCCCC3)cc1. The number of nitrogens with zero attached hydrogens (tertiary/aromatic N) is 4. The zero-order valence-electron chi connectivity index (χ0n) is 16.6. The lowest BCUT2D eigenvalue weighted by Crippen LogP contribution is -2.26. The van der Waals surface area contributed by atoms with Gasteiger partial charge in [-0.05, 0) is 63.1 Å². The van der Waals surface area contributed by atoms with Crippen LogP contribution in [0.15, 0.2) is 36.4 Å². The average molecular weight is 377 g/mol. The van der Waals surface area contributed by atoms with E-state index < -0.39 is 0 Å². The second-order valence-electron chi connectivity index (χ2n) is 7.50. The van der Waals surface area contributed by atoms with Gasteiger partial charge < -0.3 is 14.5 Å². The van der Waals surface area contributed by atoms with Gasteiger partial charge in [-0.1, -0.05) is 6.42 Å². The van der Waals surface area contributed by atoms with Crippen LogP contribution in [-0.2, 0) is 19.4 Å². The highest BCUT2D eigenvalue weighted by molar-refractivity contribution is 5.94. The number of hydrogen-bond donors (Lipinski definition) is 1. The lowest BCUT2D eigenvalue weighted by atomic mass is 10.2. The van der Waals surface area contributed by atoms with E-state index in [1.807, 2.05) is 24.3 Å². The summed E-state index contributed by atoms with van der Waals surface area (Å²) in [5.41, 5.74) is 4.11. The number of amides is 1. The third-order valence-corrected chi connectivity index (χ3v) is 5.48. The van der Waals surface area contributed by atoms with E-state index in [0.29, 0.717) is 18.5 Å². The standard InChI is InChI=1S/C22H27N5O/c1-16-7-8-17(2)27(16)19-11-9-18(10-12-19)22(28)23-14-13-21-25-24-20-6-4-3-5-15-26(20)21/h7-12H,3-6,13-15H2,1-2H3,(H,23,28). The van der Waals surface area contributed by atoms with Crippen molar-refractivity contribution < 1.29 is 4.79 Å². The van der Waals surface area contributed by atoms with E-state index >= 15 is 0 Å². The molecule has 6 heteroatoms. The van der Waals surface area contributed by atoms with Gasteiger partial charge in [-0.2, -0.15) is 0 Å². The second kappa shape index (κ2) is 8.00. The van der Waals surface area contributed by atoms with Crippen LogP contribution in [0.4, 0.5) is 0 Å². The molecular weight excluding hydrogens is 350 g/mol. The highest BCUT2D eigenvalue weighted by atomic mass is 16.1. The first-order chi connectivity index (χ1) is 13.6. The van der Waals surface area contributed by atoms with Crippen molar-refractivity contribution in [1.82, 2.24) is 24.6 Å². The Morgan fingerprint density at radius 1 is 1.00 bits per heavy atom. The zero-order chi connectivity index (χ0) is 19.5. The fourth-order valence-corrected chi connectivity index (χ4v) is 3.96. The van der Waals surface area contributed by atoms with E-state index in [9.17, 15) is 4.79 Å². The van der Waals surface area contributed by atoms with Gasteiger partial charge in [-0.15, -0.1) is 10.2 Å². The van der Waals surface area contributed by atoms with Gasteiger partial charge in [0.2, 0.25) is 0 Å². The Bertz CT molecular complexity index is 948. The summed E-state index contributed by atoms with van der Waals surface area (Å²) in [4.78, 5) is 12.5. The summed E-state index contributed by atoms with van der Waals surface area (Å²) in [5.74, 6) is 2.01. The normalized spacial score (nSPS) is 13.8. The summed E-state index contributed by atoms with van der Waals surface area (Å²) in [6, 6.07) is 11.9. The molecule has 6 nitrogen and oxygen atoms in total. The molecule has 28 heavy (non-hydrogen) atoms. The van der Waals surface area contributed by atoms with E-state index in [4.69, 9.17) is 0 Å². The number of hydrogen-bond acceptors (Lipinski definition) is 3. The minimum absolute atomic E-state index is 0.0527. The third-order valence-electron chi connectivity index (χ3n) is 5.48. The maximum atomic E-state index is 12.5. The lowest BCUT2D eigenvalue weighted by molar-refractivity contribution is 0.0954. The molecule has 1 aliphatic heterocycles. The van der Waals surface area contributed by atoms with Crippen molar-refractivity contribution in [2.45, 2.75) is 52.5 Å². The summed E-state index contributed by atoms with van der Waals surface area (Å²) in [7, 11) is 0. The highest BCUT2D eigenvalue weighted by Crippen LogP contribution is 2.17. The van der Waals surface area contributed by atoms with Crippen molar-refractivity contribution in [2.75, 3.05) is 6.54 Å². The number of rotatable bonds is 5. The van der Waals surface area contributed by atoms with Gasteiger partial charge >= 0.3 is 0 Å². The molecule has 0 aliphatic carbocycles. The number of fused-ring (bicyclic) bond motifs is 1. The van der Waals surface area contributed by atoms with E-state index in [1.165, 1.54) is 30.7 Å². The smallest absolute Gasteiger partial charge is 0.251 e. The summed E-state index contributed by atoms with van der Waals surface area (Å²) >= 11 is 0. The molecular formula is C22H27N5O. The highest BCUT2D eigenvalue weighted by Gasteiger charge is 2.15. The summed E-state index contributed by atoms with van der Waals surface area (Å²) < 4.78 is 4.41. The van der Waals surface area contributed by atoms with Gasteiger partial charge in [0.1, 0.15) is 11.6 Å². The van der Waals surface area contributed by atoms with E-state index in [1.54, 1.807) is 0 Å².